The Morgan fingerprint density at radius 3 is 2.59 bits per heavy atom. The Morgan fingerprint density at radius 2 is 1.81 bits per heavy atom. The lowest BCUT2D eigenvalue weighted by atomic mass is 10.1. The number of nitrogens with two attached hydrogens (primary N) is 1. The molecule has 5 heteroatoms. The van der Waals surface area contributed by atoms with Crippen molar-refractivity contribution in [2.45, 2.75) is 6.42 Å². The first-order chi connectivity index (χ1) is 13.3. The molecular formula is C22H26N4O. The summed E-state index contributed by atoms with van der Waals surface area (Å²) in [5.74, 6) is 0.925. The first-order valence-electron chi connectivity index (χ1n) is 9.62. The summed E-state index contributed by atoms with van der Waals surface area (Å²) in [4.78, 5) is 7.26. The number of rotatable bonds is 6. The zero-order valence-electron chi connectivity index (χ0n) is 15.5. The van der Waals surface area contributed by atoms with Crippen LogP contribution in [-0.4, -0.2) is 44.4 Å². The van der Waals surface area contributed by atoms with Crippen molar-refractivity contribution in [2.75, 3.05) is 49.6 Å². The highest BCUT2D eigenvalue weighted by Gasteiger charge is 2.12. The molecule has 5 nitrogen and oxygen atoms in total. The average molecular weight is 362 g/mol. The number of anilines is 2. The molecule has 1 aliphatic heterocycles. The molecule has 0 amide bonds. The van der Waals surface area contributed by atoms with Crippen LogP contribution in [0, 0.1) is 0 Å². The minimum Gasteiger partial charge on any atom is -0.378 e. The van der Waals surface area contributed by atoms with Crippen molar-refractivity contribution < 1.29 is 4.74 Å². The van der Waals surface area contributed by atoms with Crippen LogP contribution in [0.5, 0.6) is 0 Å². The maximum Gasteiger partial charge on any atom is 0.134 e. The Hall–Kier alpha value is -2.63. The fourth-order valence-electron chi connectivity index (χ4n) is 3.45. The van der Waals surface area contributed by atoms with Gasteiger partial charge in [0.05, 0.1) is 18.9 Å². The van der Waals surface area contributed by atoms with Gasteiger partial charge in [0.15, 0.2) is 0 Å². The quantitative estimate of drug-likeness (QED) is 0.657. The molecule has 0 atom stereocenters. The van der Waals surface area contributed by atoms with E-state index >= 15 is 0 Å². The number of benzene rings is 2. The fourth-order valence-corrected chi connectivity index (χ4v) is 3.45. The summed E-state index contributed by atoms with van der Waals surface area (Å²) in [6, 6.07) is 19.2. The lowest BCUT2D eigenvalue weighted by Crippen LogP contribution is -2.36. The Bertz CT molecular complexity index is 888. The van der Waals surface area contributed by atoms with Crippen LogP contribution in [0.15, 0.2) is 54.6 Å². The second-order valence-electron chi connectivity index (χ2n) is 6.79. The van der Waals surface area contributed by atoms with Crippen molar-refractivity contribution in [1.82, 2.24) is 4.98 Å². The molecule has 1 aliphatic rings. The third-order valence-corrected chi connectivity index (χ3v) is 4.95. The normalized spacial score (nSPS) is 14.5. The van der Waals surface area contributed by atoms with Crippen LogP contribution < -0.4 is 16.0 Å². The SMILES string of the molecule is NCCCNc1nc(-c2ccc(N3CCOCC3)cc2)cc2ccccc12. The molecule has 0 aliphatic carbocycles. The van der Waals surface area contributed by atoms with Crippen LogP contribution in [0.25, 0.3) is 22.0 Å². The number of hydrogen-bond acceptors (Lipinski definition) is 5. The molecule has 140 valence electrons. The molecule has 1 fully saturated rings. The number of aromatic nitrogens is 1. The van der Waals surface area contributed by atoms with Gasteiger partial charge in [-0.2, -0.15) is 0 Å². The third-order valence-electron chi connectivity index (χ3n) is 4.95. The van der Waals surface area contributed by atoms with Gasteiger partial charge in [-0.05, 0) is 36.6 Å². The van der Waals surface area contributed by atoms with Gasteiger partial charge in [-0.3, -0.25) is 0 Å². The zero-order valence-corrected chi connectivity index (χ0v) is 15.5. The minimum atomic E-state index is 0.674. The number of pyridine rings is 1. The Labute approximate surface area is 160 Å². The molecule has 0 saturated carbocycles. The monoisotopic (exact) mass is 362 g/mol. The molecule has 2 heterocycles. The highest BCUT2D eigenvalue weighted by molar-refractivity contribution is 5.94. The molecular weight excluding hydrogens is 336 g/mol. The van der Waals surface area contributed by atoms with Gasteiger partial charge >= 0.3 is 0 Å². The first kappa shape index (κ1) is 17.8. The lowest BCUT2D eigenvalue weighted by molar-refractivity contribution is 0.122. The molecule has 1 saturated heterocycles. The number of hydrogen-bond donors (Lipinski definition) is 2. The molecule has 0 unspecified atom stereocenters. The zero-order chi connectivity index (χ0) is 18.5. The minimum absolute atomic E-state index is 0.674. The summed E-state index contributed by atoms with van der Waals surface area (Å²) in [5.41, 5.74) is 8.98. The molecule has 27 heavy (non-hydrogen) atoms. The third kappa shape index (κ3) is 4.04. The van der Waals surface area contributed by atoms with Crippen LogP contribution in [0.1, 0.15) is 6.42 Å². The fraction of sp³-hybridized carbons (Fsp3) is 0.318. The maximum absolute atomic E-state index is 5.63. The molecule has 0 radical (unpaired) electrons. The number of nitrogens with zero attached hydrogens (tertiary/aromatic N) is 2. The summed E-state index contributed by atoms with van der Waals surface area (Å²) in [7, 11) is 0. The second kappa shape index (κ2) is 8.37. The number of morpholine rings is 1. The molecule has 1 aromatic heterocycles. The molecule has 3 aromatic rings. The van der Waals surface area contributed by atoms with Gasteiger partial charge in [0.1, 0.15) is 5.82 Å². The highest BCUT2D eigenvalue weighted by atomic mass is 16.5. The van der Waals surface area contributed by atoms with E-state index in [1.807, 2.05) is 0 Å². The van der Waals surface area contributed by atoms with Crippen molar-refractivity contribution in [2.24, 2.45) is 5.73 Å². The van der Waals surface area contributed by atoms with E-state index in [9.17, 15) is 0 Å². The van der Waals surface area contributed by atoms with E-state index in [1.54, 1.807) is 0 Å². The standard InChI is InChI=1S/C22H26N4O/c23-10-3-11-24-22-20-5-2-1-4-18(20)16-21(25-22)17-6-8-19(9-7-17)26-12-14-27-15-13-26/h1-2,4-9,16H,3,10-15,23H2,(H,24,25). The van der Waals surface area contributed by atoms with Crippen molar-refractivity contribution in [1.29, 1.82) is 0 Å². The average Bonchev–Trinajstić information content (AvgIpc) is 2.74. The van der Waals surface area contributed by atoms with E-state index < -0.39 is 0 Å². The lowest BCUT2D eigenvalue weighted by Gasteiger charge is -2.28. The second-order valence-corrected chi connectivity index (χ2v) is 6.79. The smallest absolute Gasteiger partial charge is 0.134 e. The van der Waals surface area contributed by atoms with Crippen LogP contribution in [0.4, 0.5) is 11.5 Å². The number of nitrogens with one attached hydrogen (secondary N) is 1. The van der Waals surface area contributed by atoms with Crippen LogP contribution in [0.2, 0.25) is 0 Å². The molecule has 0 spiro atoms. The predicted octanol–water partition coefficient (Wildman–Crippen LogP) is 3.50. The Morgan fingerprint density at radius 1 is 1.04 bits per heavy atom. The maximum atomic E-state index is 5.63. The highest BCUT2D eigenvalue weighted by Crippen LogP contribution is 2.29. The van der Waals surface area contributed by atoms with Crippen LogP contribution >= 0.6 is 0 Å². The van der Waals surface area contributed by atoms with Crippen LogP contribution in [-0.2, 0) is 4.74 Å². The van der Waals surface area contributed by atoms with Crippen molar-refractivity contribution >= 4 is 22.3 Å². The Kier molecular flexibility index (Phi) is 5.51. The summed E-state index contributed by atoms with van der Waals surface area (Å²) in [5, 5.41) is 5.78. The molecule has 3 N–H and O–H groups in total. The molecule has 2 aromatic carbocycles. The van der Waals surface area contributed by atoms with Crippen LogP contribution in [0.3, 0.4) is 0 Å². The first-order valence-corrected chi connectivity index (χ1v) is 9.62. The summed E-state index contributed by atoms with van der Waals surface area (Å²) in [6.07, 6.45) is 0.925. The van der Waals surface area contributed by atoms with Gasteiger partial charge in [-0.25, -0.2) is 4.98 Å². The van der Waals surface area contributed by atoms with Gasteiger partial charge in [-0.15, -0.1) is 0 Å². The van der Waals surface area contributed by atoms with Gasteiger partial charge < -0.3 is 20.7 Å². The summed E-state index contributed by atoms with van der Waals surface area (Å²) >= 11 is 0. The topological polar surface area (TPSA) is 63.4 Å². The van der Waals surface area contributed by atoms with E-state index in [1.165, 1.54) is 11.1 Å². The van der Waals surface area contributed by atoms with Gasteiger partial charge in [0.2, 0.25) is 0 Å². The van der Waals surface area contributed by atoms with E-state index in [2.05, 4.69) is 64.8 Å². The van der Waals surface area contributed by atoms with Gasteiger partial charge in [0.25, 0.3) is 0 Å². The summed E-state index contributed by atoms with van der Waals surface area (Å²) < 4.78 is 5.44. The van der Waals surface area contributed by atoms with E-state index in [0.29, 0.717) is 6.54 Å². The van der Waals surface area contributed by atoms with Crippen molar-refractivity contribution in [3.63, 3.8) is 0 Å². The van der Waals surface area contributed by atoms with Crippen molar-refractivity contribution in [3.8, 4) is 11.3 Å². The summed E-state index contributed by atoms with van der Waals surface area (Å²) in [6.45, 7) is 4.99. The van der Waals surface area contributed by atoms with Gasteiger partial charge in [0, 0.05) is 36.3 Å². The van der Waals surface area contributed by atoms with E-state index in [0.717, 1.165) is 61.7 Å². The predicted molar refractivity (Wildman–Crippen MR) is 112 cm³/mol. The van der Waals surface area contributed by atoms with Crippen molar-refractivity contribution in [3.05, 3.63) is 54.6 Å². The number of fused-ring (bicyclic) bond motifs is 1. The molecule has 4 rings (SSSR count). The largest absolute Gasteiger partial charge is 0.378 e. The van der Waals surface area contributed by atoms with Gasteiger partial charge in [-0.1, -0.05) is 36.4 Å². The van der Waals surface area contributed by atoms with E-state index in [4.69, 9.17) is 15.5 Å². The Balaban J connectivity index is 1.64. The van der Waals surface area contributed by atoms with E-state index in [-0.39, 0.29) is 0 Å². The number of ether oxygens (including phenoxy) is 1. The molecule has 0 bridgehead atoms.